The third-order valence-corrected chi connectivity index (χ3v) is 7.02. The van der Waals surface area contributed by atoms with Crippen molar-refractivity contribution in [3.05, 3.63) is 60.2 Å². The highest BCUT2D eigenvalue weighted by molar-refractivity contribution is 7.89. The van der Waals surface area contributed by atoms with Gasteiger partial charge in [0.25, 0.3) is 0 Å². The van der Waals surface area contributed by atoms with Gasteiger partial charge in [-0.3, -0.25) is 10.2 Å². The number of rotatable bonds is 8. The van der Waals surface area contributed by atoms with Crippen LogP contribution < -0.4 is 10.1 Å². The fourth-order valence-corrected chi connectivity index (χ4v) is 4.87. The van der Waals surface area contributed by atoms with Crippen molar-refractivity contribution in [2.75, 3.05) is 51.8 Å². The van der Waals surface area contributed by atoms with Gasteiger partial charge in [-0.15, -0.1) is 0 Å². The van der Waals surface area contributed by atoms with E-state index in [4.69, 9.17) is 9.47 Å². The molecule has 0 spiro atoms. The maximum Gasteiger partial charge on any atom is 0.411 e. The zero-order valence-electron chi connectivity index (χ0n) is 18.4. The van der Waals surface area contributed by atoms with Gasteiger partial charge in [0.1, 0.15) is 5.75 Å². The predicted molar refractivity (Wildman–Crippen MR) is 124 cm³/mol. The molecule has 0 unspecified atom stereocenters. The van der Waals surface area contributed by atoms with Gasteiger partial charge >= 0.3 is 6.09 Å². The summed E-state index contributed by atoms with van der Waals surface area (Å²) >= 11 is 0. The molecule has 0 radical (unpaired) electrons. The van der Waals surface area contributed by atoms with Crippen LogP contribution >= 0.6 is 0 Å². The van der Waals surface area contributed by atoms with E-state index in [1.165, 1.54) is 29.6 Å². The molecular formula is C23H29N3O5S. The number of nitrogens with zero attached hydrogens (tertiary/aromatic N) is 2. The number of anilines is 1. The molecule has 1 aliphatic rings. The number of methoxy groups -OCH3 is 1. The van der Waals surface area contributed by atoms with Crippen molar-refractivity contribution in [1.29, 1.82) is 0 Å². The summed E-state index contributed by atoms with van der Waals surface area (Å²) in [6.07, 6.45) is 3.49. The molecule has 2 aromatic rings. The van der Waals surface area contributed by atoms with Crippen LogP contribution in [0.3, 0.4) is 0 Å². The van der Waals surface area contributed by atoms with Crippen LogP contribution in [0.1, 0.15) is 12.5 Å². The molecule has 1 amide bonds. The lowest BCUT2D eigenvalue weighted by molar-refractivity contribution is 0.168. The Morgan fingerprint density at radius 1 is 1.09 bits per heavy atom. The second kappa shape index (κ2) is 11.1. The van der Waals surface area contributed by atoms with Crippen LogP contribution in [-0.4, -0.2) is 70.2 Å². The molecule has 1 N–H and O–H groups in total. The van der Waals surface area contributed by atoms with Gasteiger partial charge in [-0.2, -0.15) is 4.31 Å². The van der Waals surface area contributed by atoms with Gasteiger partial charge in [0, 0.05) is 32.7 Å². The zero-order valence-corrected chi connectivity index (χ0v) is 19.2. The summed E-state index contributed by atoms with van der Waals surface area (Å²) in [6, 6.07) is 14.5. The number of carbonyl (C=O) groups is 1. The Balaban J connectivity index is 1.63. The standard InChI is InChI=1S/C23H29N3O5S/c1-3-31-23(27)24-21-18-20(11-12-22(21)30-2)32(28,29)26-16-14-25(15-17-26)13-7-10-19-8-5-4-6-9-19/h4-12,18H,3,13-17H2,1-2H3,(H,24,27)/b10-7+. The number of nitrogens with one attached hydrogen (secondary N) is 1. The monoisotopic (exact) mass is 459 g/mol. The molecule has 1 fully saturated rings. The Bertz CT molecular complexity index is 1030. The smallest absolute Gasteiger partial charge is 0.411 e. The van der Waals surface area contributed by atoms with Crippen LogP contribution in [0.25, 0.3) is 6.08 Å². The van der Waals surface area contributed by atoms with Crippen molar-refractivity contribution in [2.24, 2.45) is 0 Å². The Morgan fingerprint density at radius 3 is 2.47 bits per heavy atom. The Hall–Kier alpha value is -2.88. The first kappa shape index (κ1) is 23.8. The normalized spacial score (nSPS) is 15.6. The van der Waals surface area contributed by atoms with E-state index < -0.39 is 16.1 Å². The first-order valence-electron chi connectivity index (χ1n) is 10.5. The van der Waals surface area contributed by atoms with E-state index in [0.717, 1.165) is 12.1 Å². The van der Waals surface area contributed by atoms with E-state index in [1.54, 1.807) is 6.92 Å². The number of sulfonamides is 1. The Kier molecular flexibility index (Phi) is 8.26. The molecule has 0 aliphatic carbocycles. The zero-order chi connectivity index (χ0) is 23.0. The molecule has 172 valence electrons. The molecule has 9 heteroatoms. The number of hydrogen-bond acceptors (Lipinski definition) is 6. The van der Waals surface area contributed by atoms with Crippen LogP contribution in [0.2, 0.25) is 0 Å². The summed E-state index contributed by atoms with van der Waals surface area (Å²) < 4.78 is 37.9. The van der Waals surface area contributed by atoms with E-state index >= 15 is 0 Å². The van der Waals surface area contributed by atoms with Crippen molar-refractivity contribution in [3.63, 3.8) is 0 Å². The third-order valence-electron chi connectivity index (χ3n) is 5.13. The second-order valence-corrected chi connectivity index (χ2v) is 9.16. The molecule has 0 aromatic heterocycles. The molecule has 0 atom stereocenters. The van der Waals surface area contributed by atoms with Gasteiger partial charge in [0.15, 0.2) is 0 Å². The molecule has 0 bridgehead atoms. The molecule has 32 heavy (non-hydrogen) atoms. The topological polar surface area (TPSA) is 88.2 Å². The number of benzene rings is 2. The molecule has 0 saturated carbocycles. The largest absolute Gasteiger partial charge is 0.495 e. The van der Waals surface area contributed by atoms with Crippen molar-refractivity contribution in [3.8, 4) is 5.75 Å². The highest BCUT2D eigenvalue weighted by Crippen LogP contribution is 2.29. The molecule has 1 aliphatic heterocycles. The fraction of sp³-hybridized carbons (Fsp3) is 0.348. The highest BCUT2D eigenvalue weighted by Gasteiger charge is 2.29. The van der Waals surface area contributed by atoms with E-state index in [1.807, 2.05) is 30.3 Å². The van der Waals surface area contributed by atoms with Crippen molar-refractivity contribution in [2.45, 2.75) is 11.8 Å². The lowest BCUT2D eigenvalue weighted by Crippen LogP contribution is -2.48. The van der Waals surface area contributed by atoms with Crippen molar-refractivity contribution >= 4 is 27.9 Å². The van der Waals surface area contributed by atoms with Crippen LogP contribution in [0.4, 0.5) is 10.5 Å². The molecule has 2 aromatic carbocycles. The average Bonchev–Trinajstić information content (AvgIpc) is 2.80. The first-order valence-corrected chi connectivity index (χ1v) is 11.9. The minimum atomic E-state index is -3.70. The van der Waals surface area contributed by atoms with E-state index in [2.05, 4.69) is 22.4 Å². The van der Waals surface area contributed by atoms with Crippen molar-refractivity contribution in [1.82, 2.24) is 9.21 Å². The second-order valence-electron chi connectivity index (χ2n) is 7.23. The van der Waals surface area contributed by atoms with Crippen LogP contribution in [-0.2, 0) is 14.8 Å². The summed E-state index contributed by atoms with van der Waals surface area (Å²) in [6.45, 7) is 4.73. The lowest BCUT2D eigenvalue weighted by atomic mass is 10.2. The molecular weight excluding hydrogens is 430 g/mol. The minimum absolute atomic E-state index is 0.0996. The van der Waals surface area contributed by atoms with Gasteiger partial charge in [-0.05, 0) is 30.7 Å². The summed E-state index contributed by atoms with van der Waals surface area (Å²) in [5, 5.41) is 2.54. The molecule has 1 saturated heterocycles. The summed E-state index contributed by atoms with van der Waals surface area (Å²) in [7, 11) is -2.25. The SMILES string of the molecule is CCOC(=O)Nc1cc(S(=O)(=O)N2CCN(C/C=C/c3ccccc3)CC2)ccc1OC. The molecule has 1 heterocycles. The number of carbonyl (C=O) groups excluding carboxylic acids is 1. The minimum Gasteiger partial charge on any atom is -0.495 e. The molecule has 8 nitrogen and oxygen atoms in total. The van der Waals surface area contributed by atoms with Crippen LogP contribution in [0.15, 0.2) is 59.5 Å². The van der Waals surface area contributed by atoms with Gasteiger partial charge < -0.3 is 9.47 Å². The average molecular weight is 460 g/mol. The number of hydrogen-bond donors (Lipinski definition) is 1. The number of amides is 1. The summed E-state index contributed by atoms with van der Waals surface area (Å²) in [4.78, 5) is 14.1. The maximum atomic E-state index is 13.2. The maximum absolute atomic E-state index is 13.2. The fourth-order valence-electron chi connectivity index (χ4n) is 3.43. The van der Waals surface area contributed by atoms with E-state index in [-0.39, 0.29) is 17.2 Å². The predicted octanol–water partition coefficient (Wildman–Crippen LogP) is 3.28. The van der Waals surface area contributed by atoms with E-state index in [0.29, 0.717) is 31.9 Å². The first-order chi connectivity index (χ1) is 15.4. The number of ether oxygens (including phenoxy) is 2. The van der Waals surface area contributed by atoms with Crippen molar-refractivity contribution < 1.29 is 22.7 Å². The number of piperazine rings is 1. The van der Waals surface area contributed by atoms with E-state index in [9.17, 15) is 13.2 Å². The Labute approximate surface area is 189 Å². The summed E-state index contributed by atoms with van der Waals surface area (Å²) in [5.74, 6) is 0.354. The quantitative estimate of drug-likeness (QED) is 0.652. The van der Waals surface area contributed by atoms with Crippen LogP contribution in [0.5, 0.6) is 5.75 Å². The van der Waals surface area contributed by atoms with Gasteiger partial charge in [0.2, 0.25) is 10.0 Å². The van der Waals surface area contributed by atoms with Gasteiger partial charge in [-0.1, -0.05) is 42.5 Å². The highest BCUT2D eigenvalue weighted by atomic mass is 32.2. The van der Waals surface area contributed by atoms with Gasteiger partial charge in [0.05, 0.1) is 24.3 Å². The van der Waals surface area contributed by atoms with Crippen LogP contribution in [0, 0.1) is 0 Å². The summed E-state index contributed by atoms with van der Waals surface area (Å²) in [5.41, 5.74) is 1.39. The van der Waals surface area contributed by atoms with Gasteiger partial charge in [-0.25, -0.2) is 13.2 Å². The third kappa shape index (κ3) is 6.09. The Morgan fingerprint density at radius 2 is 1.81 bits per heavy atom. The molecule has 3 rings (SSSR count). The lowest BCUT2D eigenvalue weighted by Gasteiger charge is -2.33.